The highest BCUT2D eigenvalue weighted by molar-refractivity contribution is 5.71. The fourth-order valence-corrected chi connectivity index (χ4v) is 6.64. The Hall–Kier alpha value is -2.66. The lowest BCUT2D eigenvalue weighted by Crippen LogP contribution is -2.29. The smallest absolute Gasteiger partial charge is 0.310 e. The highest BCUT2D eigenvalue weighted by atomic mass is 16.6. The number of rotatable bonds is 44. The van der Waals surface area contributed by atoms with Gasteiger partial charge in [0.2, 0.25) is 0 Å². The zero-order valence-corrected chi connectivity index (χ0v) is 38.3. The lowest BCUT2D eigenvalue weighted by atomic mass is 10.1. The van der Waals surface area contributed by atoms with E-state index in [1.54, 1.807) is 0 Å². The van der Waals surface area contributed by atoms with Gasteiger partial charge in [0, 0.05) is 13.0 Å². The van der Waals surface area contributed by atoms with Crippen LogP contribution >= 0.6 is 0 Å². The van der Waals surface area contributed by atoms with Gasteiger partial charge >= 0.3 is 11.9 Å². The molecule has 0 aromatic rings. The van der Waals surface area contributed by atoms with E-state index < -0.39 is 6.10 Å². The SMILES string of the molecule is CC/C=C\C/C=C\C/C=C\C/C=C\C/C=C\CC(=O)OC(COCCCCCCCCCC)COC(=O)CCCCCCCCCCC/C=C\CCCCCCCC. The van der Waals surface area contributed by atoms with Gasteiger partial charge in [-0.25, -0.2) is 0 Å². The van der Waals surface area contributed by atoms with Crippen molar-refractivity contribution in [2.45, 2.75) is 232 Å². The molecule has 0 spiro atoms. The van der Waals surface area contributed by atoms with Gasteiger partial charge in [-0.2, -0.15) is 0 Å². The third-order valence-corrected chi connectivity index (χ3v) is 10.3. The average molecular weight is 809 g/mol. The molecule has 0 N–H and O–H groups in total. The Kier molecular flexibility index (Phi) is 46.5. The van der Waals surface area contributed by atoms with Gasteiger partial charge in [0.15, 0.2) is 6.10 Å². The Morgan fingerprint density at radius 2 is 0.828 bits per heavy atom. The number of esters is 2. The van der Waals surface area contributed by atoms with Crippen LogP contribution in [0, 0.1) is 0 Å². The fraction of sp³-hybridized carbons (Fsp3) is 0.736. The van der Waals surface area contributed by atoms with Crippen LogP contribution in [0.1, 0.15) is 226 Å². The van der Waals surface area contributed by atoms with Gasteiger partial charge in [0.05, 0.1) is 13.0 Å². The first kappa shape index (κ1) is 55.3. The van der Waals surface area contributed by atoms with Crippen molar-refractivity contribution >= 4 is 11.9 Å². The van der Waals surface area contributed by atoms with Crippen molar-refractivity contribution in [1.82, 2.24) is 0 Å². The van der Waals surface area contributed by atoms with Gasteiger partial charge < -0.3 is 14.2 Å². The molecule has 1 atom stereocenters. The van der Waals surface area contributed by atoms with Crippen LogP contribution in [-0.2, 0) is 23.8 Å². The van der Waals surface area contributed by atoms with Crippen molar-refractivity contribution in [2.24, 2.45) is 0 Å². The van der Waals surface area contributed by atoms with Crippen LogP contribution in [0.5, 0.6) is 0 Å². The van der Waals surface area contributed by atoms with E-state index in [0.29, 0.717) is 13.0 Å². The zero-order chi connectivity index (χ0) is 42.1. The minimum atomic E-state index is -0.589. The third kappa shape index (κ3) is 46.0. The van der Waals surface area contributed by atoms with Crippen molar-refractivity contribution in [3.05, 3.63) is 72.9 Å². The monoisotopic (exact) mass is 809 g/mol. The number of allylic oxidation sites excluding steroid dienone is 11. The van der Waals surface area contributed by atoms with E-state index in [9.17, 15) is 9.59 Å². The summed E-state index contributed by atoms with van der Waals surface area (Å²) in [6.45, 7) is 7.59. The molecule has 334 valence electrons. The summed E-state index contributed by atoms with van der Waals surface area (Å²) >= 11 is 0. The zero-order valence-electron chi connectivity index (χ0n) is 38.3. The first-order chi connectivity index (χ1) is 28.6. The normalized spacial score (nSPS) is 12.8. The minimum absolute atomic E-state index is 0.0442. The van der Waals surface area contributed by atoms with Crippen molar-refractivity contribution in [3.63, 3.8) is 0 Å². The van der Waals surface area contributed by atoms with Gasteiger partial charge in [-0.05, 0) is 70.6 Å². The van der Waals surface area contributed by atoms with Crippen LogP contribution in [0.3, 0.4) is 0 Å². The van der Waals surface area contributed by atoms with Gasteiger partial charge in [-0.15, -0.1) is 0 Å². The Bertz CT molecular complexity index is 1050. The standard InChI is InChI=1S/C53H92O5/c1-4-7-10-13-16-19-21-23-25-26-27-28-30-31-33-35-37-40-43-46-52(54)57-50-51(49-56-48-45-42-39-18-15-12-9-6-3)58-53(55)47-44-41-38-36-34-32-29-24-22-20-17-14-11-8-5-2/h8,11,17,20,23-25,29,34,36,41,44,51H,4-7,9-10,12-16,18-19,21-22,26-28,30-33,35,37-40,42-43,45-50H2,1-3H3/b11-8-,20-17-,25-23-,29-24-,36-34-,44-41-. The first-order valence-corrected chi connectivity index (χ1v) is 24.5. The maximum absolute atomic E-state index is 12.7. The summed E-state index contributed by atoms with van der Waals surface area (Å²) in [5.74, 6) is -0.545. The topological polar surface area (TPSA) is 61.8 Å². The van der Waals surface area contributed by atoms with E-state index in [4.69, 9.17) is 14.2 Å². The molecule has 0 fully saturated rings. The number of ether oxygens (including phenoxy) is 3. The molecule has 5 nitrogen and oxygen atoms in total. The van der Waals surface area contributed by atoms with Crippen LogP contribution < -0.4 is 0 Å². The molecule has 1 unspecified atom stereocenters. The summed E-state index contributed by atoms with van der Waals surface area (Å²) in [5.41, 5.74) is 0. The summed E-state index contributed by atoms with van der Waals surface area (Å²) in [6, 6.07) is 0. The van der Waals surface area contributed by atoms with Crippen molar-refractivity contribution in [2.75, 3.05) is 19.8 Å². The Balaban J connectivity index is 4.26. The average Bonchev–Trinajstić information content (AvgIpc) is 3.22. The number of hydrogen-bond acceptors (Lipinski definition) is 5. The summed E-state index contributed by atoms with van der Waals surface area (Å²) in [6.07, 6.45) is 62.2. The van der Waals surface area contributed by atoms with Crippen LogP contribution in [0.15, 0.2) is 72.9 Å². The molecule has 0 amide bonds. The molecule has 5 heteroatoms. The van der Waals surface area contributed by atoms with Crippen LogP contribution in [0.25, 0.3) is 0 Å². The quantitative estimate of drug-likeness (QED) is 0.0348. The molecule has 0 aromatic carbocycles. The second-order valence-corrected chi connectivity index (χ2v) is 16.0. The number of hydrogen-bond donors (Lipinski definition) is 0. The summed E-state index contributed by atoms with van der Waals surface area (Å²) in [7, 11) is 0. The summed E-state index contributed by atoms with van der Waals surface area (Å²) in [4.78, 5) is 25.2. The van der Waals surface area contributed by atoms with E-state index in [1.165, 1.54) is 128 Å². The largest absolute Gasteiger partial charge is 0.462 e. The molecular formula is C53H92O5. The van der Waals surface area contributed by atoms with E-state index in [2.05, 4.69) is 81.5 Å². The predicted octanol–water partition coefficient (Wildman–Crippen LogP) is 16.3. The number of unbranched alkanes of at least 4 members (excludes halogenated alkanes) is 22. The van der Waals surface area contributed by atoms with Crippen LogP contribution in [0.4, 0.5) is 0 Å². The lowest BCUT2D eigenvalue weighted by Gasteiger charge is -2.18. The molecule has 58 heavy (non-hydrogen) atoms. The number of carbonyl (C=O) groups excluding carboxylic acids is 2. The number of carbonyl (C=O) groups is 2. The van der Waals surface area contributed by atoms with E-state index in [0.717, 1.165) is 64.2 Å². The van der Waals surface area contributed by atoms with E-state index in [1.807, 2.05) is 12.2 Å². The van der Waals surface area contributed by atoms with Crippen LogP contribution in [-0.4, -0.2) is 37.9 Å². The Morgan fingerprint density at radius 3 is 1.31 bits per heavy atom. The molecule has 0 bridgehead atoms. The molecule has 0 aliphatic rings. The predicted molar refractivity (Wildman–Crippen MR) is 251 cm³/mol. The highest BCUT2D eigenvalue weighted by Crippen LogP contribution is 2.14. The van der Waals surface area contributed by atoms with Gasteiger partial charge in [-0.3, -0.25) is 9.59 Å². The molecule has 0 saturated carbocycles. The van der Waals surface area contributed by atoms with Crippen molar-refractivity contribution in [1.29, 1.82) is 0 Å². The molecule has 0 aliphatic carbocycles. The third-order valence-electron chi connectivity index (χ3n) is 10.3. The molecule has 0 radical (unpaired) electrons. The first-order valence-electron chi connectivity index (χ1n) is 24.5. The molecule has 0 heterocycles. The molecule has 0 aliphatic heterocycles. The minimum Gasteiger partial charge on any atom is -0.462 e. The fourth-order valence-electron chi connectivity index (χ4n) is 6.64. The molecule has 0 aromatic heterocycles. The van der Waals surface area contributed by atoms with Crippen LogP contribution in [0.2, 0.25) is 0 Å². The van der Waals surface area contributed by atoms with Gasteiger partial charge in [0.1, 0.15) is 6.61 Å². The second kappa shape index (κ2) is 48.7. The van der Waals surface area contributed by atoms with Gasteiger partial charge in [0.25, 0.3) is 0 Å². The van der Waals surface area contributed by atoms with E-state index in [-0.39, 0.29) is 31.6 Å². The highest BCUT2D eigenvalue weighted by Gasteiger charge is 2.17. The Labute approximate surface area is 359 Å². The van der Waals surface area contributed by atoms with Crippen molar-refractivity contribution in [3.8, 4) is 0 Å². The molecular weight excluding hydrogens is 717 g/mol. The molecule has 0 rings (SSSR count). The summed E-state index contributed by atoms with van der Waals surface area (Å²) < 4.78 is 17.2. The lowest BCUT2D eigenvalue weighted by molar-refractivity contribution is -0.162. The Morgan fingerprint density at radius 1 is 0.414 bits per heavy atom. The molecule has 0 saturated heterocycles. The maximum atomic E-state index is 12.7. The van der Waals surface area contributed by atoms with E-state index >= 15 is 0 Å². The van der Waals surface area contributed by atoms with Gasteiger partial charge in [-0.1, -0.05) is 216 Å². The van der Waals surface area contributed by atoms with Crippen molar-refractivity contribution < 1.29 is 23.8 Å². The summed E-state index contributed by atoms with van der Waals surface area (Å²) in [5, 5.41) is 0. The second-order valence-electron chi connectivity index (χ2n) is 16.0. The maximum Gasteiger partial charge on any atom is 0.310 e.